The van der Waals surface area contributed by atoms with Gasteiger partial charge in [0.15, 0.2) is 0 Å². The number of hydrogen-bond donors (Lipinski definition) is 2. The molecule has 1 aromatic heterocycles. The molecule has 0 atom stereocenters. The third-order valence-electron chi connectivity index (χ3n) is 4.63. The Hall–Kier alpha value is -3.53. The summed E-state index contributed by atoms with van der Waals surface area (Å²) in [5.74, 6) is 0.674. The molecule has 0 aliphatic rings. The fourth-order valence-electron chi connectivity index (χ4n) is 3.12. The zero-order valence-corrected chi connectivity index (χ0v) is 15.5. The van der Waals surface area contributed by atoms with E-state index in [1.54, 1.807) is 0 Å². The lowest BCUT2D eigenvalue weighted by atomic mass is 10.1. The van der Waals surface area contributed by atoms with Crippen molar-refractivity contribution in [3.8, 4) is 5.75 Å². The summed E-state index contributed by atoms with van der Waals surface area (Å²) in [5, 5.41) is 3.95. The van der Waals surface area contributed by atoms with Crippen molar-refractivity contribution >= 4 is 16.8 Å². The molecule has 1 amide bonds. The van der Waals surface area contributed by atoms with Gasteiger partial charge in [0.25, 0.3) is 5.91 Å². The Morgan fingerprint density at radius 3 is 2.32 bits per heavy atom. The predicted octanol–water partition coefficient (Wildman–Crippen LogP) is 4.72. The molecule has 0 bridgehead atoms. The van der Waals surface area contributed by atoms with Crippen LogP contribution < -0.4 is 10.1 Å². The van der Waals surface area contributed by atoms with Crippen LogP contribution in [0.15, 0.2) is 84.9 Å². The number of aromatic nitrogens is 1. The van der Waals surface area contributed by atoms with Gasteiger partial charge in [-0.15, -0.1) is 0 Å². The van der Waals surface area contributed by atoms with Gasteiger partial charge in [-0.3, -0.25) is 4.79 Å². The highest BCUT2D eigenvalue weighted by Crippen LogP contribution is 2.22. The summed E-state index contributed by atoms with van der Waals surface area (Å²) in [5.41, 5.74) is 3.77. The van der Waals surface area contributed by atoms with Gasteiger partial charge in [-0.1, -0.05) is 60.7 Å². The predicted molar refractivity (Wildman–Crippen MR) is 112 cm³/mol. The van der Waals surface area contributed by atoms with E-state index < -0.39 is 0 Å². The minimum atomic E-state index is -0.0983. The van der Waals surface area contributed by atoms with Crippen molar-refractivity contribution in [1.29, 1.82) is 0 Å². The highest BCUT2D eigenvalue weighted by atomic mass is 16.5. The number of rotatable bonds is 7. The Balaban J connectivity index is 1.37. The summed E-state index contributed by atoms with van der Waals surface area (Å²) in [6.07, 6.45) is 0.810. The molecule has 28 heavy (non-hydrogen) atoms. The molecule has 4 rings (SSSR count). The van der Waals surface area contributed by atoms with Crippen LogP contribution in [0, 0.1) is 0 Å². The third kappa shape index (κ3) is 4.41. The second-order valence-electron chi connectivity index (χ2n) is 6.70. The first kappa shape index (κ1) is 17.9. The van der Waals surface area contributed by atoms with Crippen LogP contribution >= 0.6 is 0 Å². The highest BCUT2D eigenvalue weighted by molar-refractivity contribution is 5.98. The first-order valence-corrected chi connectivity index (χ1v) is 9.39. The first-order chi connectivity index (χ1) is 13.8. The van der Waals surface area contributed by atoms with E-state index in [0.29, 0.717) is 18.8 Å². The average molecular weight is 370 g/mol. The van der Waals surface area contributed by atoms with Crippen LogP contribution in [-0.4, -0.2) is 17.4 Å². The molecule has 0 spiro atoms. The summed E-state index contributed by atoms with van der Waals surface area (Å²) in [4.78, 5) is 15.6. The molecule has 4 aromatic rings. The van der Waals surface area contributed by atoms with Crippen molar-refractivity contribution in [2.75, 3.05) is 6.54 Å². The summed E-state index contributed by atoms with van der Waals surface area (Å²) in [6, 6.07) is 27.9. The molecular formula is C24H22N2O2. The zero-order valence-electron chi connectivity index (χ0n) is 15.5. The number of aromatic amines is 1. The van der Waals surface area contributed by atoms with Crippen molar-refractivity contribution in [3.05, 3.63) is 102 Å². The number of ether oxygens (including phenoxy) is 1. The fraction of sp³-hybridized carbons (Fsp3) is 0.125. The zero-order chi connectivity index (χ0) is 19.2. The van der Waals surface area contributed by atoms with Gasteiger partial charge < -0.3 is 15.0 Å². The van der Waals surface area contributed by atoms with Crippen molar-refractivity contribution in [3.63, 3.8) is 0 Å². The number of hydrogen-bond acceptors (Lipinski definition) is 2. The van der Waals surface area contributed by atoms with E-state index >= 15 is 0 Å². The van der Waals surface area contributed by atoms with Crippen LogP contribution in [0.2, 0.25) is 0 Å². The Morgan fingerprint density at radius 1 is 0.857 bits per heavy atom. The molecule has 0 radical (unpaired) electrons. The molecule has 0 saturated carbocycles. The smallest absolute Gasteiger partial charge is 0.267 e. The van der Waals surface area contributed by atoms with E-state index in [0.717, 1.165) is 28.6 Å². The maximum Gasteiger partial charge on any atom is 0.267 e. The first-order valence-electron chi connectivity index (χ1n) is 9.39. The number of fused-ring (bicyclic) bond motifs is 1. The van der Waals surface area contributed by atoms with Gasteiger partial charge in [-0.05, 0) is 35.7 Å². The number of amides is 1. The highest BCUT2D eigenvalue weighted by Gasteiger charge is 2.10. The molecule has 0 saturated heterocycles. The quantitative estimate of drug-likeness (QED) is 0.495. The second-order valence-corrected chi connectivity index (χ2v) is 6.70. The lowest BCUT2D eigenvalue weighted by molar-refractivity contribution is 0.0950. The minimum Gasteiger partial charge on any atom is -0.489 e. The Labute approximate surface area is 164 Å². The molecule has 2 N–H and O–H groups in total. The fourth-order valence-corrected chi connectivity index (χ4v) is 3.12. The van der Waals surface area contributed by atoms with Crippen LogP contribution in [0.3, 0.4) is 0 Å². The molecule has 0 unspecified atom stereocenters. The Morgan fingerprint density at radius 2 is 1.57 bits per heavy atom. The van der Waals surface area contributed by atoms with E-state index in [4.69, 9.17) is 4.74 Å². The van der Waals surface area contributed by atoms with Crippen LogP contribution in [-0.2, 0) is 13.0 Å². The van der Waals surface area contributed by atoms with Crippen LogP contribution in [0.1, 0.15) is 21.6 Å². The topological polar surface area (TPSA) is 54.1 Å². The minimum absolute atomic E-state index is 0.0983. The maximum atomic E-state index is 12.4. The Bertz CT molecular complexity index is 1060. The molecule has 4 heteroatoms. The van der Waals surface area contributed by atoms with Crippen molar-refractivity contribution in [2.45, 2.75) is 13.0 Å². The van der Waals surface area contributed by atoms with Gasteiger partial charge >= 0.3 is 0 Å². The number of benzene rings is 3. The summed E-state index contributed by atoms with van der Waals surface area (Å²) in [6.45, 7) is 1.11. The lowest BCUT2D eigenvalue weighted by Gasteiger charge is -2.06. The summed E-state index contributed by atoms with van der Waals surface area (Å²) in [7, 11) is 0. The van der Waals surface area contributed by atoms with Crippen LogP contribution in [0.4, 0.5) is 0 Å². The average Bonchev–Trinajstić information content (AvgIpc) is 3.17. The number of H-pyrrole nitrogens is 1. The van der Waals surface area contributed by atoms with E-state index in [9.17, 15) is 4.79 Å². The molecule has 140 valence electrons. The third-order valence-corrected chi connectivity index (χ3v) is 4.63. The van der Waals surface area contributed by atoms with E-state index in [1.165, 1.54) is 5.56 Å². The van der Waals surface area contributed by atoms with Gasteiger partial charge in [0.05, 0.1) is 0 Å². The van der Waals surface area contributed by atoms with Gasteiger partial charge in [0.2, 0.25) is 0 Å². The SMILES string of the molecule is O=C(NCCc1ccccc1)c1cc2ccc(OCc3ccccc3)cc2[nH]1. The van der Waals surface area contributed by atoms with E-state index in [-0.39, 0.29) is 5.91 Å². The normalized spacial score (nSPS) is 10.7. The molecule has 0 aliphatic heterocycles. The molecule has 3 aromatic carbocycles. The van der Waals surface area contributed by atoms with Crippen molar-refractivity contribution in [2.24, 2.45) is 0 Å². The standard InChI is InChI=1S/C24H22N2O2/c27-24(25-14-13-18-7-3-1-4-8-18)23-15-20-11-12-21(16-22(20)26-23)28-17-19-9-5-2-6-10-19/h1-12,15-16,26H,13-14,17H2,(H,25,27). The molecular weight excluding hydrogens is 348 g/mol. The van der Waals surface area contributed by atoms with Gasteiger partial charge in [-0.2, -0.15) is 0 Å². The second kappa shape index (κ2) is 8.44. The molecule has 1 heterocycles. The van der Waals surface area contributed by atoms with Gasteiger partial charge in [-0.25, -0.2) is 0 Å². The number of nitrogens with one attached hydrogen (secondary N) is 2. The van der Waals surface area contributed by atoms with Crippen molar-refractivity contribution < 1.29 is 9.53 Å². The lowest BCUT2D eigenvalue weighted by Crippen LogP contribution is -2.25. The maximum absolute atomic E-state index is 12.4. The summed E-state index contributed by atoms with van der Waals surface area (Å²) >= 11 is 0. The van der Waals surface area contributed by atoms with Crippen LogP contribution in [0.25, 0.3) is 10.9 Å². The molecule has 0 fully saturated rings. The Kier molecular flexibility index (Phi) is 5.38. The van der Waals surface area contributed by atoms with Gasteiger partial charge in [0, 0.05) is 23.5 Å². The van der Waals surface area contributed by atoms with Crippen LogP contribution in [0.5, 0.6) is 5.75 Å². The number of carbonyl (C=O) groups is 1. The van der Waals surface area contributed by atoms with Gasteiger partial charge in [0.1, 0.15) is 18.1 Å². The van der Waals surface area contributed by atoms with E-state index in [2.05, 4.69) is 22.4 Å². The summed E-state index contributed by atoms with van der Waals surface area (Å²) < 4.78 is 5.86. The monoisotopic (exact) mass is 370 g/mol. The molecule has 0 aliphatic carbocycles. The largest absolute Gasteiger partial charge is 0.489 e. The van der Waals surface area contributed by atoms with Crippen molar-refractivity contribution in [1.82, 2.24) is 10.3 Å². The molecule has 4 nitrogen and oxygen atoms in total. The van der Waals surface area contributed by atoms with E-state index in [1.807, 2.05) is 72.8 Å². The number of carbonyl (C=O) groups excluding carboxylic acids is 1.